The van der Waals surface area contributed by atoms with E-state index < -0.39 is 0 Å². The molecule has 0 aromatic heterocycles. The second-order valence-corrected chi connectivity index (χ2v) is 20.6. The molecule has 0 bridgehead atoms. The molecule has 386 valence electrons. The summed E-state index contributed by atoms with van der Waals surface area (Å²) in [5.41, 5.74) is 25.2. The van der Waals surface area contributed by atoms with Crippen molar-refractivity contribution in [3.8, 4) is 33.4 Å². The fourth-order valence-electron chi connectivity index (χ4n) is 10.8. The number of para-hydroxylation sites is 2. The van der Waals surface area contributed by atoms with Gasteiger partial charge in [0.05, 0.1) is 0 Å². The van der Waals surface area contributed by atoms with Crippen molar-refractivity contribution in [3.05, 3.63) is 326 Å². The Hall–Kier alpha value is -10.2. The largest absolute Gasteiger partial charge is 0.311 e. The van der Waals surface area contributed by atoms with Crippen LogP contribution in [0.15, 0.2) is 303 Å². The van der Waals surface area contributed by atoms with Crippen LogP contribution in [0.4, 0.5) is 68.2 Å². The van der Waals surface area contributed by atoms with Gasteiger partial charge in [0.15, 0.2) is 0 Å². The summed E-state index contributed by atoms with van der Waals surface area (Å²) >= 11 is 0. The maximum absolute atomic E-state index is 2.33. The van der Waals surface area contributed by atoms with Gasteiger partial charge in [-0.25, -0.2) is 0 Å². The highest BCUT2D eigenvalue weighted by Crippen LogP contribution is 2.42. The van der Waals surface area contributed by atoms with Crippen LogP contribution in [0.5, 0.6) is 0 Å². The Morgan fingerprint density at radius 3 is 0.500 bits per heavy atom. The molecule has 0 spiro atoms. The average molecular weight is 1030 g/mol. The summed E-state index contributed by atoms with van der Waals surface area (Å²) in [5, 5.41) is 0. The molecule has 0 fully saturated rings. The molecular formula is C76H62N4. The minimum Gasteiger partial charge on any atom is -0.311 e. The SMILES string of the molecule is Cc1cccc(N(c2ccc(-c3ccc(N(c4ccccc4)c4ccc(-c5ccc(N(c6ccccc6)c6ccc(-c7ccc(N(c8cccc(C)c8)c8cccc(C)c8)cc7)cc6)cc5)cc4)cc3)cc2)c2cccc(C)c2)c1. The minimum absolute atomic E-state index is 1.09. The monoisotopic (exact) mass is 1030 g/mol. The van der Waals surface area contributed by atoms with Crippen molar-refractivity contribution in [1.82, 2.24) is 0 Å². The highest BCUT2D eigenvalue weighted by Gasteiger charge is 2.18. The molecule has 0 aliphatic heterocycles. The molecule has 0 saturated heterocycles. The first-order chi connectivity index (χ1) is 39.3. The van der Waals surface area contributed by atoms with Crippen LogP contribution >= 0.6 is 0 Å². The zero-order valence-electron chi connectivity index (χ0n) is 45.7. The van der Waals surface area contributed by atoms with Crippen LogP contribution in [0, 0.1) is 27.7 Å². The van der Waals surface area contributed by atoms with E-state index in [9.17, 15) is 0 Å². The van der Waals surface area contributed by atoms with Crippen molar-refractivity contribution in [3.63, 3.8) is 0 Å². The summed E-state index contributed by atoms with van der Waals surface area (Å²) in [6.07, 6.45) is 0. The Balaban J connectivity index is 0.774. The number of anilines is 12. The molecule has 0 amide bonds. The lowest BCUT2D eigenvalue weighted by molar-refractivity contribution is 1.26. The van der Waals surface area contributed by atoms with Crippen LogP contribution in [0.25, 0.3) is 33.4 Å². The molecule has 0 aliphatic carbocycles. The third-order valence-electron chi connectivity index (χ3n) is 14.8. The van der Waals surface area contributed by atoms with Gasteiger partial charge in [-0.1, -0.05) is 158 Å². The van der Waals surface area contributed by atoms with E-state index in [-0.39, 0.29) is 0 Å². The van der Waals surface area contributed by atoms with Crippen LogP contribution in [-0.2, 0) is 0 Å². The zero-order valence-corrected chi connectivity index (χ0v) is 45.7. The van der Waals surface area contributed by atoms with Crippen molar-refractivity contribution in [2.24, 2.45) is 0 Å². The maximum Gasteiger partial charge on any atom is 0.0464 e. The second kappa shape index (κ2) is 22.8. The predicted octanol–water partition coefficient (Wildman–Crippen LogP) is 21.8. The Labute approximate surface area is 472 Å². The molecule has 4 nitrogen and oxygen atoms in total. The standard InChI is InChI=1S/C76H62N4/c1-55-15-11-23-73(51-55)79(74-24-12-16-56(2)52-74)71-47-35-63(36-48-71)61-31-43-69(44-32-61)77(65-19-7-5-8-20-65)67-39-27-59(28-40-67)60-29-41-68(42-30-60)78(66-21-9-6-10-22-66)70-45-33-62(34-46-70)64-37-49-72(50-38-64)80(75-25-13-17-57(3)53-75)76-26-14-18-58(4)54-76/h5-54H,1-4H3. The maximum atomic E-state index is 2.33. The molecule has 12 rings (SSSR count). The summed E-state index contributed by atoms with van der Waals surface area (Å²) in [6.45, 7) is 8.59. The van der Waals surface area contributed by atoms with Crippen LogP contribution in [0.3, 0.4) is 0 Å². The van der Waals surface area contributed by atoms with Crippen molar-refractivity contribution >= 4 is 68.2 Å². The molecule has 4 heteroatoms. The molecule has 0 radical (unpaired) electrons. The van der Waals surface area contributed by atoms with Crippen LogP contribution in [0.1, 0.15) is 22.3 Å². The van der Waals surface area contributed by atoms with Gasteiger partial charge in [0.2, 0.25) is 0 Å². The number of rotatable bonds is 15. The summed E-state index contributed by atoms with van der Waals surface area (Å²) < 4.78 is 0. The van der Waals surface area contributed by atoms with E-state index in [1.807, 2.05) is 0 Å². The summed E-state index contributed by atoms with van der Waals surface area (Å²) in [4.78, 5) is 9.32. The lowest BCUT2D eigenvalue weighted by Crippen LogP contribution is -2.10. The molecule has 12 aromatic rings. The molecule has 0 aliphatic rings. The smallest absolute Gasteiger partial charge is 0.0464 e. The van der Waals surface area contributed by atoms with Crippen LogP contribution in [0.2, 0.25) is 0 Å². The number of hydrogen-bond donors (Lipinski definition) is 0. The number of benzene rings is 12. The van der Waals surface area contributed by atoms with Gasteiger partial charge in [-0.15, -0.1) is 0 Å². The molecule has 0 atom stereocenters. The van der Waals surface area contributed by atoms with Gasteiger partial charge in [-0.05, 0) is 229 Å². The lowest BCUT2D eigenvalue weighted by atomic mass is 10.0. The van der Waals surface area contributed by atoms with Gasteiger partial charge in [-0.2, -0.15) is 0 Å². The molecular weight excluding hydrogens is 969 g/mol. The van der Waals surface area contributed by atoms with Gasteiger partial charge in [0, 0.05) is 68.2 Å². The first-order valence-corrected chi connectivity index (χ1v) is 27.5. The van der Waals surface area contributed by atoms with Crippen molar-refractivity contribution in [2.45, 2.75) is 27.7 Å². The highest BCUT2D eigenvalue weighted by molar-refractivity contribution is 5.85. The first kappa shape index (κ1) is 50.6. The van der Waals surface area contributed by atoms with Gasteiger partial charge in [0.25, 0.3) is 0 Å². The van der Waals surface area contributed by atoms with E-state index in [1.165, 1.54) is 33.4 Å². The van der Waals surface area contributed by atoms with Crippen molar-refractivity contribution < 1.29 is 0 Å². The quantitative estimate of drug-likeness (QED) is 0.101. The van der Waals surface area contributed by atoms with E-state index in [4.69, 9.17) is 0 Å². The molecule has 0 unspecified atom stereocenters. The van der Waals surface area contributed by atoms with E-state index in [0.717, 1.165) is 90.5 Å². The lowest BCUT2D eigenvalue weighted by Gasteiger charge is -2.27. The summed E-state index contributed by atoms with van der Waals surface area (Å²) in [7, 11) is 0. The molecule has 0 saturated carbocycles. The van der Waals surface area contributed by atoms with Gasteiger partial charge < -0.3 is 19.6 Å². The number of hydrogen-bond acceptors (Lipinski definition) is 4. The van der Waals surface area contributed by atoms with Crippen LogP contribution in [-0.4, -0.2) is 0 Å². The number of aryl methyl sites for hydroxylation is 4. The zero-order chi connectivity index (χ0) is 54.4. The molecule has 12 aromatic carbocycles. The highest BCUT2D eigenvalue weighted by atomic mass is 15.2. The third kappa shape index (κ3) is 11.0. The van der Waals surface area contributed by atoms with E-state index in [1.54, 1.807) is 0 Å². The number of nitrogens with zero attached hydrogens (tertiary/aromatic N) is 4. The topological polar surface area (TPSA) is 13.0 Å². The molecule has 0 heterocycles. The van der Waals surface area contributed by atoms with E-state index in [0.29, 0.717) is 0 Å². The third-order valence-corrected chi connectivity index (χ3v) is 14.8. The van der Waals surface area contributed by atoms with Crippen LogP contribution < -0.4 is 19.6 Å². The normalized spacial score (nSPS) is 11.0. The average Bonchev–Trinajstić information content (AvgIpc) is 3.50. The fourth-order valence-corrected chi connectivity index (χ4v) is 10.8. The Kier molecular flexibility index (Phi) is 14.4. The Morgan fingerprint density at radius 2 is 0.312 bits per heavy atom. The summed E-state index contributed by atoms with van der Waals surface area (Å²) in [5.74, 6) is 0. The van der Waals surface area contributed by atoms with Gasteiger partial charge >= 0.3 is 0 Å². The first-order valence-electron chi connectivity index (χ1n) is 27.5. The second-order valence-electron chi connectivity index (χ2n) is 20.6. The Bertz CT molecular complexity index is 3650. The van der Waals surface area contributed by atoms with Gasteiger partial charge in [0.1, 0.15) is 0 Å². The van der Waals surface area contributed by atoms with Gasteiger partial charge in [-0.3, -0.25) is 0 Å². The Morgan fingerprint density at radius 1 is 0.150 bits per heavy atom. The van der Waals surface area contributed by atoms with Crippen molar-refractivity contribution in [2.75, 3.05) is 19.6 Å². The predicted molar refractivity (Wildman–Crippen MR) is 340 cm³/mol. The molecule has 80 heavy (non-hydrogen) atoms. The fraction of sp³-hybridized carbons (Fsp3) is 0.0526. The minimum atomic E-state index is 1.09. The molecule has 0 N–H and O–H groups in total. The van der Waals surface area contributed by atoms with E-state index >= 15 is 0 Å². The van der Waals surface area contributed by atoms with Crippen molar-refractivity contribution in [1.29, 1.82) is 0 Å². The van der Waals surface area contributed by atoms with E-state index in [2.05, 4.69) is 351 Å². The summed E-state index contributed by atoms with van der Waals surface area (Å²) in [6, 6.07) is 110.